The van der Waals surface area contributed by atoms with Crippen molar-refractivity contribution in [2.75, 3.05) is 0 Å². The number of hydrogen-bond donors (Lipinski definition) is 0. The summed E-state index contributed by atoms with van der Waals surface area (Å²) in [5.41, 5.74) is 8.63. The Morgan fingerprint density at radius 2 is 0.667 bits per heavy atom. The van der Waals surface area contributed by atoms with Gasteiger partial charge in [-0.15, -0.1) is 0 Å². The van der Waals surface area contributed by atoms with E-state index in [4.69, 9.17) is 0 Å². The van der Waals surface area contributed by atoms with Gasteiger partial charge < -0.3 is 0 Å². The van der Waals surface area contributed by atoms with Gasteiger partial charge in [-0.3, -0.25) is 0 Å². The zero-order valence-electron chi connectivity index (χ0n) is 19.8. The summed E-state index contributed by atoms with van der Waals surface area (Å²) in [7, 11) is 0. The molecule has 2 aromatic rings. The summed E-state index contributed by atoms with van der Waals surface area (Å²) in [4.78, 5) is 14.2. The van der Waals surface area contributed by atoms with Crippen molar-refractivity contribution in [2.24, 2.45) is 0 Å². The summed E-state index contributed by atoms with van der Waals surface area (Å²) in [5, 5.41) is 0. The van der Waals surface area contributed by atoms with E-state index < -0.39 is 39.5 Å². The van der Waals surface area contributed by atoms with Crippen molar-refractivity contribution < 1.29 is 0 Å². The molecule has 0 aliphatic heterocycles. The van der Waals surface area contributed by atoms with E-state index in [0.717, 1.165) is 0 Å². The molecule has 0 spiro atoms. The van der Waals surface area contributed by atoms with Gasteiger partial charge in [-0.2, -0.15) is 0 Å². The van der Waals surface area contributed by atoms with Crippen LogP contribution < -0.4 is 8.79 Å². The molecular weight excluding hydrogens is 598 g/mol. The van der Waals surface area contributed by atoms with E-state index in [0.29, 0.717) is 0 Å². The normalized spacial score (nSPS) is 10.3. The molecule has 0 atom stereocenters. The van der Waals surface area contributed by atoms with Crippen LogP contribution in [0.4, 0.5) is 0 Å². The number of rotatable bonds is 2. The maximum absolute atomic E-state index is 2.36. The van der Waals surface area contributed by atoms with Crippen molar-refractivity contribution in [3.8, 4) is 0 Å². The molecule has 0 aromatic heterocycles. The van der Waals surface area contributed by atoms with Gasteiger partial charge in [0, 0.05) is 0 Å². The second-order valence-electron chi connectivity index (χ2n) is 8.67. The summed E-state index contributed by atoms with van der Waals surface area (Å²) < 4.78 is 3.22. The minimum atomic E-state index is -0.543. The SMILES string of the molecule is Cc1cc(C)[c]([Ge][c]2c(C)cc(C)cc2C)c(C)c1.[CH3][Sn]([CH3])[CH3].[CH3][Sn]([CH3])[CH3]. The molecule has 4 radical (unpaired) electrons. The molecule has 0 unspecified atom stereocenters. The fourth-order valence-corrected chi connectivity index (χ4v) is 5.66. The Morgan fingerprint density at radius 1 is 0.481 bits per heavy atom. The van der Waals surface area contributed by atoms with Gasteiger partial charge in [0.2, 0.25) is 0 Å². The Morgan fingerprint density at radius 3 is 0.852 bits per heavy atom. The molecule has 2 rings (SSSR count). The van der Waals surface area contributed by atoms with Crippen LogP contribution in [0.25, 0.3) is 0 Å². The standard InChI is InChI=1S/C18H22Ge.6CH3.2Sn/c1-11-7-13(3)17(14(4)8-11)19-18-15(5)9-12(2)10-16(18)6;;;;;;;;/h7-10H,1-6H3;6*1H3;;. The van der Waals surface area contributed by atoms with Gasteiger partial charge in [0.1, 0.15) is 0 Å². The summed E-state index contributed by atoms with van der Waals surface area (Å²) >= 11 is -1.33. The van der Waals surface area contributed by atoms with E-state index in [1.54, 1.807) is 8.79 Å². The van der Waals surface area contributed by atoms with E-state index in [9.17, 15) is 0 Å². The average Bonchev–Trinajstić information content (AvgIpc) is 2.43. The van der Waals surface area contributed by atoms with Crippen LogP contribution in [0.1, 0.15) is 33.4 Å². The molecule has 27 heavy (non-hydrogen) atoms. The van der Waals surface area contributed by atoms with Crippen molar-refractivity contribution >= 4 is 63.7 Å². The Balaban J connectivity index is 0.000000718. The molecule has 0 amide bonds. The Hall–Kier alpha value is 0.580. The van der Waals surface area contributed by atoms with Crippen molar-refractivity contribution in [3.63, 3.8) is 0 Å². The fraction of sp³-hybridized carbons (Fsp3) is 0.500. The van der Waals surface area contributed by atoms with Gasteiger partial charge in [-0.05, 0) is 0 Å². The van der Waals surface area contributed by atoms with E-state index in [1.807, 2.05) is 0 Å². The zero-order chi connectivity index (χ0) is 21.3. The van der Waals surface area contributed by atoms with Gasteiger partial charge in [0.05, 0.1) is 0 Å². The van der Waals surface area contributed by atoms with Crippen LogP contribution in [0, 0.1) is 41.5 Å². The molecule has 0 saturated carbocycles. The maximum atomic E-state index is 2.36. The monoisotopic (exact) mass is 642 g/mol. The summed E-state index contributed by atoms with van der Waals surface area (Å²) in [5.74, 6) is 0. The first-order valence-corrected chi connectivity index (χ1v) is 29.0. The van der Waals surface area contributed by atoms with Crippen LogP contribution in [0.3, 0.4) is 0 Å². The van der Waals surface area contributed by atoms with E-state index in [2.05, 4.69) is 95.4 Å². The van der Waals surface area contributed by atoms with E-state index >= 15 is 0 Å². The molecule has 0 N–H and O–H groups in total. The molecular formula is C24H40GeSn2. The molecule has 2 aromatic carbocycles. The quantitative estimate of drug-likeness (QED) is 0.358. The van der Waals surface area contributed by atoms with Gasteiger partial charge in [0.15, 0.2) is 0 Å². The molecule has 3 heteroatoms. The van der Waals surface area contributed by atoms with Gasteiger partial charge in [-0.25, -0.2) is 0 Å². The summed E-state index contributed by atoms with van der Waals surface area (Å²) in [6, 6.07) is 9.30. The summed E-state index contributed by atoms with van der Waals surface area (Å²) in [6.07, 6.45) is 0. The number of hydrogen-bond acceptors (Lipinski definition) is 0. The molecule has 0 saturated heterocycles. The van der Waals surface area contributed by atoms with Crippen LogP contribution in [0.5, 0.6) is 0 Å². The first-order valence-electron chi connectivity index (χ1n) is 9.81. The van der Waals surface area contributed by atoms with Gasteiger partial charge in [-0.1, -0.05) is 0 Å². The Labute approximate surface area is 190 Å². The molecule has 0 bridgehead atoms. The first kappa shape index (κ1) is 27.6. The second kappa shape index (κ2) is 13.7. The fourth-order valence-electron chi connectivity index (χ4n) is 2.88. The molecule has 0 nitrogen and oxygen atoms in total. The van der Waals surface area contributed by atoms with Crippen molar-refractivity contribution in [2.45, 2.75) is 71.2 Å². The third-order valence-electron chi connectivity index (χ3n) is 3.60. The zero-order valence-corrected chi connectivity index (χ0v) is 27.6. The number of aryl methyl sites for hydroxylation is 6. The Kier molecular flexibility index (Phi) is 14.0. The van der Waals surface area contributed by atoms with Crippen LogP contribution in [0.2, 0.25) is 29.6 Å². The third-order valence-corrected chi connectivity index (χ3v) is 7.96. The average molecular weight is 639 g/mol. The topological polar surface area (TPSA) is 0 Å². The Bertz CT molecular complexity index is 605. The van der Waals surface area contributed by atoms with Gasteiger partial charge in [0.25, 0.3) is 0 Å². The minimum absolute atomic E-state index is 0.239. The molecule has 0 aliphatic rings. The number of benzene rings is 2. The first-order chi connectivity index (χ1) is 12.3. The van der Waals surface area contributed by atoms with Crippen LogP contribution >= 0.6 is 0 Å². The third kappa shape index (κ3) is 12.0. The van der Waals surface area contributed by atoms with Crippen molar-refractivity contribution in [1.29, 1.82) is 0 Å². The molecule has 0 heterocycles. The van der Waals surface area contributed by atoms with Crippen LogP contribution in [-0.2, 0) is 0 Å². The second-order valence-corrected chi connectivity index (χ2v) is 28.4. The molecule has 148 valence electrons. The summed E-state index contributed by atoms with van der Waals surface area (Å²) in [6.45, 7) is 13.4. The van der Waals surface area contributed by atoms with E-state index in [1.165, 1.54) is 33.4 Å². The predicted molar refractivity (Wildman–Crippen MR) is 133 cm³/mol. The molecule has 0 aliphatic carbocycles. The van der Waals surface area contributed by atoms with Crippen molar-refractivity contribution in [1.82, 2.24) is 0 Å². The van der Waals surface area contributed by atoms with E-state index in [-0.39, 0.29) is 15.4 Å². The molecule has 0 fully saturated rings. The van der Waals surface area contributed by atoms with Crippen molar-refractivity contribution in [3.05, 3.63) is 57.6 Å². The van der Waals surface area contributed by atoms with Crippen LogP contribution in [0.15, 0.2) is 24.3 Å². The van der Waals surface area contributed by atoms with Gasteiger partial charge >= 0.3 is 193 Å². The predicted octanol–water partition coefficient (Wildman–Crippen LogP) is 5.93. The van der Waals surface area contributed by atoms with Crippen LogP contribution in [-0.4, -0.2) is 55.0 Å².